The van der Waals surface area contributed by atoms with Crippen LogP contribution in [0.1, 0.15) is 28.4 Å². The lowest BCUT2D eigenvalue weighted by atomic mass is 10.0. The van der Waals surface area contributed by atoms with E-state index < -0.39 is 11.9 Å². The number of benzene rings is 2. The fourth-order valence-electron chi connectivity index (χ4n) is 2.20. The van der Waals surface area contributed by atoms with Gasteiger partial charge in [-0.15, -0.1) is 0 Å². The fraction of sp³-hybridized carbons (Fsp3) is 0.294. The average Bonchev–Trinajstić information content (AvgIpc) is 2.44. The predicted octanol–water partition coefficient (Wildman–Crippen LogP) is 2.97. The highest BCUT2D eigenvalue weighted by molar-refractivity contribution is 5.40. The van der Waals surface area contributed by atoms with E-state index >= 15 is 0 Å². The fourth-order valence-corrected chi connectivity index (χ4v) is 2.20. The van der Waals surface area contributed by atoms with Crippen LogP contribution in [0.4, 0.5) is 4.39 Å². The minimum absolute atomic E-state index is 0.216. The second-order valence-corrected chi connectivity index (χ2v) is 5.23. The van der Waals surface area contributed by atoms with Gasteiger partial charge in [0.05, 0.1) is 6.10 Å². The quantitative estimate of drug-likeness (QED) is 0.793. The maximum atomic E-state index is 13.5. The van der Waals surface area contributed by atoms with Gasteiger partial charge in [0.25, 0.3) is 0 Å². The molecule has 0 saturated heterocycles. The largest absolute Gasteiger partial charge is 0.508 e. The molecular formula is C17H20FNO2. The van der Waals surface area contributed by atoms with Crippen molar-refractivity contribution in [1.82, 2.24) is 5.32 Å². The summed E-state index contributed by atoms with van der Waals surface area (Å²) in [6, 6.07) is 9.80. The zero-order valence-corrected chi connectivity index (χ0v) is 12.2. The van der Waals surface area contributed by atoms with Gasteiger partial charge in [0.1, 0.15) is 11.6 Å². The van der Waals surface area contributed by atoms with Gasteiger partial charge >= 0.3 is 0 Å². The zero-order chi connectivity index (χ0) is 15.4. The van der Waals surface area contributed by atoms with Gasteiger partial charge in [-0.1, -0.05) is 24.3 Å². The van der Waals surface area contributed by atoms with Crippen molar-refractivity contribution in [3.05, 3.63) is 64.5 Å². The van der Waals surface area contributed by atoms with Crippen LogP contribution in [0.3, 0.4) is 0 Å². The van der Waals surface area contributed by atoms with Crippen LogP contribution >= 0.6 is 0 Å². The van der Waals surface area contributed by atoms with E-state index in [0.29, 0.717) is 6.54 Å². The summed E-state index contributed by atoms with van der Waals surface area (Å²) < 4.78 is 13.5. The molecule has 2 aromatic rings. The number of aryl methyl sites for hydroxylation is 2. The molecule has 0 heterocycles. The van der Waals surface area contributed by atoms with E-state index in [1.165, 1.54) is 6.07 Å². The Hall–Kier alpha value is -1.91. The van der Waals surface area contributed by atoms with Crippen molar-refractivity contribution in [3.63, 3.8) is 0 Å². The Kier molecular flexibility index (Phi) is 4.94. The molecule has 4 heteroatoms. The molecule has 112 valence electrons. The molecule has 0 aliphatic heterocycles. The van der Waals surface area contributed by atoms with Crippen molar-refractivity contribution >= 4 is 0 Å². The van der Waals surface area contributed by atoms with E-state index in [1.807, 2.05) is 19.9 Å². The molecule has 3 nitrogen and oxygen atoms in total. The van der Waals surface area contributed by atoms with Crippen LogP contribution in [0.25, 0.3) is 0 Å². The number of hydrogen-bond acceptors (Lipinski definition) is 3. The van der Waals surface area contributed by atoms with Gasteiger partial charge in [0.2, 0.25) is 0 Å². The SMILES string of the molecule is Cc1cc(O)c(CNCC(O)c2ccccc2F)cc1C. The first-order chi connectivity index (χ1) is 9.99. The molecule has 2 rings (SSSR count). The number of phenolic OH excluding ortho intramolecular Hbond substituents is 1. The second kappa shape index (κ2) is 6.70. The number of rotatable bonds is 5. The van der Waals surface area contributed by atoms with Crippen molar-refractivity contribution < 1.29 is 14.6 Å². The molecule has 0 radical (unpaired) electrons. The van der Waals surface area contributed by atoms with Gasteiger partial charge in [-0.2, -0.15) is 0 Å². The third kappa shape index (κ3) is 3.80. The van der Waals surface area contributed by atoms with Gasteiger partial charge in [0, 0.05) is 24.2 Å². The Bertz CT molecular complexity index is 628. The van der Waals surface area contributed by atoms with Crippen molar-refractivity contribution in [3.8, 4) is 5.75 Å². The molecule has 2 aromatic carbocycles. The normalized spacial score (nSPS) is 12.4. The van der Waals surface area contributed by atoms with Crippen LogP contribution in [-0.2, 0) is 6.54 Å². The van der Waals surface area contributed by atoms with Crippen LogP contribution in [0.15, 0.2) is 36.4 Å². The Morgan fingerprint density at radius 1 is 1.14 bits per heavy atom. The third-order valence-corrected chi connectivity index (χ3v) is 3.61. The topological polar surface area (TPSA) is 52.5 Å². The molecule has 0 bridgehead atoms. The summed E-state index contributed by atoms with van der Waals surface area (Å²) in [6.45, 7) is 4.55. The molecule has 0 aliphatic carbocycles. The first-order valence-corrected chi connectivity index (χ1v) is 6.91. The number of halogens is 1. The highest BCUT2D eigenvalue weighted by atomic mass is 19.1. The molecule has 0 fully saturated rings. The Morgan fingerprint density at radius 3 is 2.52 bits per heavy atom. The monoisotopic (exact) mass is 289 g/mol. The van der Waals surface area contributed by atoms with E-state index in [1.54, 1.807) is 24.3 Å². The molecule has 0 saturated carbocycles. The second-order valence-electron chi connectivity index (χ2n) is 5.23. The van der Waals surface area contributed by atoms with E-state index in [9.17, 15) is 14.6 Å². The number of phenols is 1. The van der Waals surface area contributed by atoms with E-state index in [4.69, 9.17) is 0 Å². The lowest BCUT2D eigenvalue weighted by molar-refractivity contribution is 0.169. The number of aromatic hydroxyl groups is 1. The number of nitrogens with one attached hydrogen (secondary N) is 1. The van der Waals surface area contributed by atoms with Crippen LogP contribution in [-0.4, -0.2) is 16.8 Å². The lowest BCUT2D eigenvalue weighted by Crippen LogP contribution is -2.21. The highest BCUT2D eigenvalue weighted by Gasteiger charge is 2.12. The number of aliphatic hydroxyl groups excluding tert-OH is 1. The lowest BCUT2D eigenvalue weighted by Gasteiger charge is -2.14. The van der Waals surface area contributed by atoms with E-state index in [-0.39, 0.29) is 17.9 Å². The van der Waals surface area contributed by atoms with Crippen LogP contribution in [0, 0.1) is 19.7 Å². The molecule has 0 spiro atoms. The summed E-state index contributed by atoms with van der Waals surface area (Å²) in [5.74, 6) is -0.188. The molecule has 0 amide bonds. The van der Waals surface area contributed by atoms with Gasteiger partial charge in [-0.3, -0.25) is 0 Å². The summed E-state index contributed by atoms with van der Waals surface area (Å²) in [5.41, 5.74) is 3.16. The molecule has 1 atom stereocenters. The number of aliphatic hydroxyl groups is 1. The van der Waals surface area contributed by atoms with Crippen LogP contribution in [0.5, 0.6) is 5.75 Å². The first-order valence-electron chi connectivity index (χ1n) is 6.91. The number of hydrogen-bond donors (Lipinski definition) is 3. The Morgan fingerprint density at radius 2 is 1.81 bits per heavy atom. The van der Waals surface area contributed by atoms with E-state index in [2.05, 4.69) is 5.32 Å². The summed E-state index contributed by atoms with van der Waals surface area (Å²) in [6.07, 6.45) is -0.917. The van der Waals surface area contributed by atoms with Crippen LogP contribution < -0.4 is 5.32 Å². The van der Waals surface area contributed by atoms with Crippen LogP contribution in [0.2, 0.25) is 0 Å². The molecule has 0 aromatic heterocycles. The van der Waals surface area contributed by atoms with Gasteiger partial charge in [0.15, 0.2) is 0 Å². The standard InChI is InChI=1S/C17H20FNO2/c1-11-7-13(16(20)8-12(11)2)9-19-10-17(21)14-5-3-4-6-15(14)18/h3-8,17,19-21H,9-10H2,1-2H3. The first kappa shape index (κ1) is 15.5. The minimum Gasteiger partial charge on any atom is -0.508 e. The maximum absolute atomic E-state index is 13.5. The summed E-state index contributed by atoms with van der Waals surface area (Å²) in [5, 5.41) is 22.9. The molecule has 1 unspecified atom stereocenters. The van der Waals surface area contributed by atoms with Crippen molar-refractivity contribution in [1.29, 1.82) is 0 Å². The van der Waals surface area contributed by atoms with Gasteiger partial charge < -0.3 is 15.5 Å². The summed E-state index contributed by atoms with van der Waals surface area (Å²) in [4.78, 5) is 0. The summed E-state index contributed by atoms with van der Waals surface area (Å²) >= 11 is 0. The van der Waals surface area contributed by atoms with E-state index in [0.717, 1.165) is 16.7 Å². The van der Waals surface area contributed by atoms with Crippen molar-refractivity contribution in [2.45, 2.75) is 26.5 Å². The Balaban J connectivity index is 1.96. The third-order valence-electron chi connectivity index (χ3n) is 3.61. The van der Waals surface area contributed by atoms with Gasteiger partial charge in [-0.05, 0) is 37.1 Å². The maximum Gasteiger partial charge on any atom is 0.129 e. The smallest absolute Gasteiger partial charge is 0.129 e. The van der Waals surface area contributed by atoms with Crippen molar-refractivity contribution in [2.24, 2.45) is 0 Å². The molecular weight excluding hydrogens is 269 g/mol. The Labute approximate surface area is 124 Å². The van der Waals surface area contributed by atoms with Gasteiger partial charge in [-0.25, -0.2) is 4.39 Å². The predicted molar refractivity (Wildman–Crippen MR) is 80.6 cm³/mol. The molecule has 3 N–H and O–H groups in total. The molecule has 0 aliphatic rings. The zero-order valence-electron chi connectivity index (χ0n) is 12.2. The molecule has 21 heavy (non-hydrogen) atoms. The average molecular weight is 289 g/mol. The summed E-state index contributed by atoms with van der Waals surface area (Å²) in [7, 11) is 0. The minimum atomic E-state index is -0.917. The highest BCUT2D eigenvalue weighted by Crippen LogP contribution is 2.22. The van der Waals surface area contributed by atoms with Crippen molar-refractivity contribution in [2.75, 3.05) is 6.54 Å².